The fourth-order valence-electron chi connectivity index (χ4n) is 1.49. The topological polar surface area (TPSA) is 75.0 Å². The van der Waals surface area contributed by atoms with Gasteiger partial charge in [0.05, 0.1) is 11.6 Å². The van der Waals surface area contributed by atoms with E-state index < -0.39 is 6.10 Å². The Morgan fingerprint density at radius 1 is 1.45 bits per heavy atom. The molecule has 1 heterocycles. The summed E-state index contributed by atoms with van der Waals surface area (Å²) < 4.78 is 5.51. The van der Waals surface area contributed by atoms with Crippen molar-refractivity contribution in [1.29, 1.82) is 5.26 Å². The van der Waals surface area contributed by atoms with E-state index in [4.69, 9.17) is 10.00 Å². The Morgan fingerprint density at radius 3 is 2.70 bits per heavy atom. The Kier molecular flexibility index (Phi) is 4.33. The van der Waals surface area contributed by atoms with Gasteiger partial charge >= 0.3 is 0 Å². The van der Waals surface area contributed by atoms with Crippen LogP contribution in [0.25, 0.3) is 0 Å². The van der Waals surface area contributed by atoms with Gasteiger partial charge in [0.15, 0.2) is 11.2 Å². The SMILES string of the molecule is Cc1cnc(NC(=O)C(C)Oc2ccc(C#N)cc2)s1. The number of hydrogen-bond donors (Lipinski definition) is 1. The molecule has 0 aliphatic heterocycles. The van der Waals surface area contributed by atoms with Crippen LogP contribution in [-0.2, 0) is 4.79 Å². The first-order chi connectivity index (χ1) is 9.58. The smallest absolute Gasteiger partial charge is 0.266 e. The molecule has 0 spiro atoms. The summed E-state index contributed by atoms with van der Waals surface area (Å²) in [7, 11) is 0. The molecule has 0 aliphatic rings. The lowest BCUT2D eigenvalue weighted by molar-refractivity contribution is -0.122. The standard InChI is InChI=1S/C14H13N3O2S/c1-9-8-16-14(20-9)17-13(18)10(2)19-12-5-3-11(7-15)4-6-12/h3-6,8,10H,1-2H3,(H,16,17,18). The highest BCUT2D eigenvalue weighted by Crippen LogP contribution is 2.18. The Labute approximate surface area is 120 Å². The molecule has 0 fully saturated rings. The number of hydrogen-bond acceptors (Lipinski definition) is 5. The number of rotatable bonds is 4. The number of benzene rings is 1. The van der Waals surface area contributed by atoms with Crippen molar-refractivity contribution in [2.45, 2.75) is 20.0 Å². The minimum atomic E-state index is -0.646. The molecule has 2 rings (SSSR count). The average molecular weight is 287 g/mol. The normalized spacial score (nSPS) is 11.4. The molecule has 1 atom stereocenters. The van der Waals surface area contributed by atoms with Gasteiger partial charge in [0.2, 0.25) is 0 Å². The van der Waals surface area contributed by atoms with Gasteiger partial charge in [-0.15, -0.1) is 11.3 Å². The molecule has 0 bridgehead atoms. The van der Waals surface area contributed by atoms with Crippen LogP contribution in [0.2, 0.25) is 0 Å². The molecule has 2 aromatic rings. The fraction of sp³-hybridized carbons (Fsp3) is 0.214. The van der Waals surface area contributed by atoms with Crippen LogP contribution in [0.15, 0.2) is 30.5 Å². The predicted molar refractivity (Wildman–Crippen MR) is 76.7 cm³/mol. The molecule has 0 saturated heterocycles. The highest BCUT2D eigenvalue weighted by atomic mass is 32.1. The zero-order valence-electron chi connectivity index (χ0n) is 11.1. The Hall–Kier alpha value is -2.39. The second-order valence-electron chi connectivity index (χ2n) is 4.16. The first-order valence-corrected chi connectivity index (χ1v) is 6.80. The van der Waals surface area contributed by atoms with Gasteiger partial charge in [-0.1, -0.05) is 0 Å². The molecule has 0 aliphatic carbocycles. The molecule has 1 aromatic carbocycles. The van der Waals surface area contributed by atoms with Crippen molar-refractivity contribution in [3.63, 3.8) is 0 Å². The van der Waals surface area contributed by atoms with E-state index in [9.17, 15) is 4.79 Å². The van der Waals surface area contributed by atoms with E-state index in [0.29, 0.717) is 16.4 Å². The van der Waals surface area contributed by atoms with Crippen LogP contribution in [-0.4, -0.2) is 17.0 Å². The highest BCUT2D eigenvalue weighted by Gasteiger charge is 2.16. The number of anilines is 1. The van der Waals surface area contributed by atoms with Gasteiger partial charge in [-0.3, -0.25) is 10.1 Å². The lowest BCUT2D eigenvalue weighted by Crippen LogP contribution is -2.30. The summed E-state index contributed by atoms with van der Waals surface area (Å²) in [6.45, 7) is 3.58. The number of carbonyl (C=O) groups is 1. The molecule has 0 radical (unpaired) electrons. The summed E-state index contributed by atoms with van der Waals surface area (Å²) >= 11 is 1.41. The Balaban J connectivity index is 1.95. The van der Waals surface area contributed by atoms with Gasteiger partial charge < -0.3 is 4.74 Å². The molecular formula is C14H13N3O2S. The van der Waals surface area contributed by atoms with Crippen molar-refractivity contribution in [2.24, 2.45) is 0 Å². The molecule has 1 N–H and O–H groups in total. The lowest BCUT2D eigenvalue weighted by Gasteiger charge is -2.13. The van der Waals surface area contributed by atoms with Crippen molar-refractivity contribution in [3.8, 4) is 11.8 Å². The fourth-order valence-corrected chi connectivity index (χ4v) is 2.15. The number of thiazole rings is 1. The van der Waals surface area contributed by atoms with Crippen molar-refractivity contribution in [2.75, 3.05) is 5.32 Å². The van der Waals surface area contributed by atoms with E-state index in [1.807, 2.05) is 13.0 Å². The van der Waals surface area contributed by atoms with Crippen LogP contribution in [0.5, 0.6) is 5.75 Å². The first-order valence-electron chi connectivity index (χ1n) is 5.98. The van der Waals surface area contributed by atoms with Gasteiger partial charge in [-0.25, -0.2) is 4.98 Å². The van der Waals surface area contributed by atoms with Gasteiger partial charge in [-0.2, -0.15) is 5.26 Å². The molecule has 1 unspecified atom stereocenters. The van der Waals surface area contributed by atoms with E-state index in [2.05, 4.69) is 10.3 Å². The maximum absolute atomic E-state index is 11.9. The van der Waals surface area contributed by atoms with E-state index >= 15 is 0 Å². The second kappa shape index (κ2) is 6.17. The average Bonchev–Trinajstić information content (AvgIpc) is 2.85. The number of amides is 1. The zero-order valence-corrected chi connectivity index (χ0v) is 11.9. The maximum atomic E-state index is 11.9. The molecular weight excluding hydrogens is 274 g/mol. The van der Waals surface area contributed by atoms with Crippen LogP contribution in [0.4, 0.5) is 5.13 Å². The number of nitrogens with zero attached hydrogens (tertiary/aromatic N) is 2. The Bertz CT molecular complexity index is 643. The van der Waals surface area contributed by atoms with Crippen molar-refractivity contribution < 1.29 is 9.53 Å². The second-order valence-corrected chi connectivity index (χ2v) is 5.40. The van der Waals surface area contributed by atoms with Crippen LogP contribution in [0, 0.1) is 18.3 Å². The molecule has 1 amide bonds. The molecule has 6 heteroatoms. The lowest BCUT2D eigenvalue weighted by atomic mass is 10.2. The minimum absolute atomic E-state index is 0.260. The van der Waals surface area contributed by atoms with E-state index in [1.165, 1.54) is 11.3 Å². The number of aromatic nitrogens is 1. The summed E-state index contributed by atoms with van der Waals surface area (Å²) in [5.41, 5.74) is 0.549. The van der Waals surface area contributed by atoms with Gasteiger partial charge in [0, 0.05) is 11.1 Å². The quantitative estimate of drug-likeness (QED) is 0.938. The summed E-state index contributed by atoms with van der Waals surface area (Å²) in [6.07, 6.45) is 1.05. The third-order valence-electron chi connectivity index (χ3n) is 2.52. The van der Waals surface area contributed by atoms with E-state index in [1.54, 1.807) is 37.4 Å². The largest absolute Gasteiger partial charge is 0.481 e. The Morgan fingerprint density at radius 2 is 2.15 bits per heavy atom. The number of carbonyl (C=O) groups excluding carboxylic acids is 1. The summed E-state index contributed by atoms with van der Waals surface area (Å²) in [5, 5.41) is 12.0. The van der Waals surface area contributed by atoms with Crippen molar-refractivity contribution >= 4 is 22.4 Å². The third-order valence-corrected chi connectivity index (χ3v) is 3.35. The van der Waals surface area contributed by atoms with Gasteiger partial charge in [-0.05, 0) is 38.1 Å². The van der Waals surface area contributed by atoms with Crippen LogP contribution in [0.3, 0.4) is 0 Å². The zero-order chi connectivity index (χ0) is 14.5. The first kappa shape index (κ1) is 14.0. The minimum Gasteiger partial charge on any atom is -0.481 e. The third kappa shape index (κ3) is 3.56. The molecule has 5 nitrogen and oxygen atoms in total. The molecule has 20 heavy (non-hydrogen) atoms. The van der Waals surface area contributed by atoms with Crippen molar-refractivity contribution in [1.82, 2.24) is 4.98 Å². The van der Waals surface area contributed by atoms with E-state index in [0.717, 1.165) is 4.88 Å². The number of aryl methyl sites for hydroxylation is 1. The summed E-state index contributed by atoms with van der Waals surface area (Å²) in [4.78, 5) is 17.0. The van der Waals surface area contributed by atoms with E-state index in [-0.39, 0.29) is 5.91 Å². The van der Waals surface area contributed by atoms with Crippen molar-refractivity contribution in [3.05, 3.63) is 40.9 Å². The van der Waals surface area contributed by atoms with Gasteiger partial charge in [0.25, 0.3) is 5.91 Å². The molecule has 0 saturated carbocycles. The summed E-state index contributed by atoms with van der Waals surface area (Å²) in [6, 6.07) is 8.63. The monoisotopic (exact) mass is 287 g/mol. The highest BCUT2D eigenvalue weighted by molar-refractivity contribution is 7.15. The summed E-state index contributed by atoms with van der Waals surface area (Å²) in [5.74, 6) is 0.283. The maximum Gasteiger partial charge on any atom is 0.266 e. The van der Waals surface area contributed by atoms with Crippen LogP contribution in [0.1, 0.15) is 17.4 Å². The van der Waals surface area contributed by atoms with Gasteiger partial charge in [0.1, 0.15) is 5.75 Å². The number of nitriles is 1. The molecule has 102 valence electrons. The molecule has 1 aromatic heterocycles. The van der Waals surface area contributed by atoms with Crippen LogP contribution >= 0.6 is 11.3 Å². The number of nitrogens with one attached hydrogen (secondary N) is 1. The predicted octanol–water partition coefficient (Wildman–Crippen LogP) is 2.73. The number of ether oxygens (including phenoxy) is 1. The van der Waals surface area contributed by atoms with Crippen LogP contribution < -0.4 is 10.1 Å².